The molecule has 0 aromatic carbocycles. The molecule has 0 aliphatic heterocycles. The van der Waals surface area contributed by atoms with Crippen molar-refractivity contribution in [3.8, 4) is 0 Å². The van der Waals surface area contributed by atoms with Gasteiger partial charge in [0.05, 0.1) is 0 Å². The third kappa shape index (κ3) is 6.87. The highest BCUT2D eigenvalue weighted by molar-refractivity contribution is 5.85. The van der Waals surface area contributed by atoms with Gasteiger partial charge in [0, 0.05) is 18.3 Å². The van der Waals surface area contributed by atoms with Gasteiger partial charge in [0.25, 0.3) is 0 Å². The molecule has 0 aromatic heterocycles. The van der Waals surface area contributed by atoms with Gasteiger partial charge in [-0.3, -0.25) is 14.4 Å². The summed E-state index contributed by atoms with van der Waals surface area (Å²) < 4.78 is 4.88. The van der Waals surface area contributed by atoms with Gasteiger partial charge in [-0.1, -0.05) is 20.8 Å². The average molecular weight is 242 g/mol. The van der Waals surface area contributed by atoms with Gasteiger partial charge in [-0.2, -0.15) is 0 Å². The van der Waals surface area contributed by atoms with Gasteiger partial charge in [-0.05, 0) is 20.3 Å². The van der Waals surface area contributed by atoms with Gasteiger partial charge in [0.15, 0.2) is 11.9 Å². The van der Waals surface area contributed by atoms with E-state index >= 15 is 0 Å². The number of hydrogen-bond donors (Lipinski definition) is 0. The zero-order valence-corrected chi connectivity index (χ0v) is 11.3. The fourth-order valence-corrected chi connectivity index (χ4v) is 1.11. The lowest BCUT2D eigenvalue weighted by molar-refractivity contribution is -0.153. The van der Waals surface area contributed by atoms with E-state index in [1.165, 1.54) is 6.92 Å². The Balaban J connectivity index is 3.87. The molecule has 0 saturated carbocycles. The van der Waals surface area contributed by atoms with Crippen molar-refractivity contribution in [2.45, 2.75) is 60.0 Å². The maximum atomic E-state index is 11.6. The zero-order chi connectivity index (χ0) is 13.6. The Labute approximate surface area is 103 Å². The second-order valence-electron chi connectivity index (χ2n) is 5.27. The highest BCUT2D eigenvalue weighted by atomic mass is 16.5. The zero-order valence-electron chi connectivity index (χ0n) is 11.3. The summed E-state index contributed by atoms with van der Waals surface area (Å²) in [7, 11) is 0. The van der Waals surface area contributed by atoms with E-state index in [0.29, 0.717) is 12.8 Å². The molecule has 0 amide bonds. The van der Waals surface area contributed by atoms with E-state index in [-0.39, 0.29) is 23.4 Å². The minimum absolute atomic E-state index is 0.130. The first-order valence-corrected chi connectivity index (χ1v) is 5.88. The molecule has 4 nitrogen and oxygen atoms in total. The molecule has 98 valence electrons. The molecule has 4 heteroatoms. The van der Waals surface area contributed by atoms with Crippen LogP contribution in [0.2, 0.25) is 0 Å². The van der Waals surface area contributed by atoms with Crippen molar-refractivity contribution in [2.75, 3.05) is 0 Å². The second-order valence-corrected chi connectivity index (χ2v) is 5.27. The molecule has 0 N–H and O–H groups in total. The molecular formula is C13H22O4. The van der Waals surface area contributed by atoms with Crippen LogP contribution in [0.15, 0.2) is 0 Å². The summed E-state index contributed by atoms with van der Waals surface area (Å²) in [5, 5.41) is 0. The van der Waals surface area contributed by atoms with Crippen molar-refractivity contribution in [3.05, 3.63) is 0 Å². The molecular weight excluding hydrogens is 220 g/mol. The van der Waals surface area contributed by atoms with Crippen LogP contribution in [-0.4, -0.2) is 23.6 Å². The van der Waals surface area contributed by atoms with E-state index in [0.717, 1.165) is 0 Å². The average Bonchev–Trinajstić information content (AvgIpc) is 2.15. The third-order valence-corrected chi connectivity index (χ3v) is 2.50. The quantitative estimate of drug-likeness (QED) is 0.670. The normalized spacial score (nSPS) is 13.0. The highest BCUT2D eigenvalue weighted by Crippen LogP contribution is 2.18. The van der Waals surface area contributed by atoms with Gasteiger partial charge in [-0.15, -0.1) is 0 Å². The maximum absolute atomic E-state index is 11.6. The standard InChI is InChI=1S/C13H22O4/c1-9(14)10(2)17-12(16)8-6-7-11(15)13(3,4)5/h10H,6-8H2,1-5H3. The first kappa shape index (κ1) is 15.8. The predicted octanol–water partition coefficient (Wildman–Crippen LogP) is 2.29. The van der Waals surface area contributed by atoms with Gasteiger partial charge in [0.1, 0.15) is 5.78 Å². The maximum Gasteiger partial charge on any atom is 0.306 e. The number of ketones is 2. The van der Waals surface area contributed by atoms with E-state index in [1.807, 2.05) is 20.8 Å². The molecule has 0 spiro atoms. The van der Waals surface area contributed by atoms with Gasteiger partial charge >= 0.3 is 5.97 Å². The third-order valence-electron chi connectivity index (χ3n) is 2.50. The van der Waals surface area contributed by atoms with Crippen LogP contribution in [0.5, 0.6) is 0 Å². The summed E-state index contributed by atoms with van der Waals surface area (Å²) >= 11 is 0. The monoisotopic (exact) mass is 242 g/mol. The largest absolute Gasteiger partial charge is 0.455 e. The molecule has 0 aliphatic carbocycles. The summed E-state index contributed by atoms with van der Waals surface area (Å²) in [6.07, 6.45) is 0.326. The smallest absolute Gasteiger partial charge is 0.306 e. The van der Waals surface area contributed by atoms with Crippen LogP contribution in [0.1, 0.15) is 53.9 Å². The molecule has 0 bridgehead atoms. The van der Waals surface area contributed by atoms with E-state index in [2.05, 4.69) is 0 Å². The van der Waals surface area contributed by atoms with Crippen LogP contribution in [0.25, 0.3) is 0 Å². The molecule has 0 aliphatic rings. The first-order valence-electron chi connectivity index (χ1n) is 5.88. The number of hydrogen-bond acceptors (Lipinski definition) is 4. The molecule has 0 rings (SSSR count). The number of carbonyl (C=O) groups is 3. The molecule has 0 fully saturated rings. The molecule has 0 saturated heterocycles. The number of rotatable bonds is 6. The van der Waals surface area contributed by atoms with E-state index < -0.39 is 12.1 Å². The highest BCUT2D eigenvalue weighted by Gasteiger charge is 2.21. The van der Waals surface area contributed by atoms with Crippen LogP contribution < -0.4 is 0 Å². The molecule has 1 unspecified atom stereocenters. The lowest BCUT2D eigenvalue weighted by atomic mass is 9.88. The first-order chi connectivity index (χ1) is 7.64. The minimum Gasteiger partial charge on any atom is -0.455 e. The van der Waals surface area contributed by atoms with Gasteiger partial charge in [-0.25, -0.2) is 0 Å². The molecule has 17 heavy (non-hydrogen) atoms. The topological polar surface area (TPSA) is 60.4 Å². The Bertz CT molecular complexity index is 299. The minimum atomic E-state index is -0.694. The number of Topliss-reactive ketones (excluding diaryl/α,β-unsaturated/α-hetero) is 2. The fraction of sp³-hybridized carbons (Fsp3) is 0.769. The van der Waals surface area contributed by atoms with Crippen LogP contribution in [0.4, 0.5) is 0 Å². The van der Waals surface area contributed by atoms with Crippen molar-refractivity contribution in [1.82, 2.24) is 0 Å². The predicted molar refractivity (Wildman–Crippen MR) is 64.5 cm³/mol. The second kappa shape index (κ2) is 6.52. The van der Waals surface area contributed by atoms with Crippen molar-refractivity contribution in [2.24, 2.45) is 5.41 Å². The van der Waals surface area contributed by atoms with Crippen molar-refractivity contribution in [1.29, 1.82) is 0 Å². The SMILES string of the molecule is CC(=O)C(C)OC(=O)CCCC(=O)C(C)(C)C. The van der Waals surface area contributed by atoms with E-state index in [4.69, 9.17) is 4.74 Å². The lowest BCUT2D eigenvalue weighted by Gasteiger charge is -2.16. The Morgan fingerprint density at radius 2 is 1.65 bits per heavy atom. The van der Waals surface area contributed by atoms with Crippen molar-refractivity contribution >= 4 is 17.5 Å². The Hall–Kier alpha value is -1.19. The van der Waals surface area contributed by atoms with E-state index in [9.17, 15) is 14.4 Å². The summed E-state index contributed by atoms with van der Waals surface area (Å²) in [4.78, 5) is 33.7. The number of carbonyl (C=O) groups excluding carboxylic acids is 3. The summed E-state index contributed by atoms with van der Waals surface area (Å²) in [5.74, 6) is -0.469. The van der Waals surface area contributed by atoms with Crippen molar-refractivity contribution < 1.29 is 19.1 Å². The number of ether oxygens (including phenoxy) is 1. The van der Waals surface area contributed by atoms with Gasteiger partial charge < -0.3 is 4.74 Å². The van der Waals surface area contributed by atoms with Crippen LogP contribution in [-0.2, 0) is 19.1 Å². The molecule has 0 aromatic rings. The summed E-state index contributed by atoms with van der Waals surface area (Å²) in [6, 6.07) is 0. The van der Waals surface area contributed by atoms with Crippen LogP contribution in [0.3, 0.4) is 0 Å². The molecule has 1 atom stereocenters. The van der Waals surface area contributed by atoms with Crippen LogP contribution in [0, 0.1) is 5.41 Å². The van der Waals surface area contributed by atoms with Crippen LogP contribution >= 0.6 is 0 Å². The summed E-state index contributed by atoms with van der Waals surface area (Å²) in [6.45, 7) is 8.48. The fourth-order valence-electron chi connectivity index (χ4n) is 1.11. The lowest BCUT2D eigenvalue weighted by Crippen LogP contribution is -2.23. The molecule has 0 heterocycles. The Kier molecular flexibility index (Phi) is 6.07. The Morgan fingerprint density at radius 3 is 2.06 bits per heavy atom. The van der Waals surface area contributed by atoms with Crippen molar-refractivity contribution in [3.63, 3.8) is 0 Å². The Morgan fingerprint density at radius 1 is 1.12 bits per heavy atom. The van der Waals surface area contributed by atoms with Gasteiger partial charge in [0.2, 0.25) is 0 Å². The molecule has 0 radical (unpaired) electrons. The summed E-state index contributed by atoms with van der Waals surface area (Å²) in [5.41, 5.74) is -0.365. The number of esters is 1. The van der Waals surface area contributed by atoms with E-state index in [1.54, 1.807) is 6.92 Å².